The lowest BCUT2D eigenvalue weighted by molar-refractivity contribution is 0.549. The first-order chi connectivity index (χ1) is 8.65. The first-order valence-electron chi connectivity index (χ1n) is 6.00. The summed E-state index contributed by atoms with van der Waals surface area (Å²) < 4.78 is 1.89. The van der Waals surface area contributed by atoms with Crippen molar-refractivity contribution in [1.29, 1.82) is 0 Å². The summed E-state index contributed by atoms with van der Waals surface area (Å²) in [5, 5.41) is 3.99. The van der Waals surface area contributed by atoms with Gasteiger partial charge in [-0.05, 0) is 24.6 Å². The third-order valence-electron chi connectivity index (χ3n) is 2.47. The predicted octanol–water partition coefficient (Wildman–Crippen LogP) is 2.67. The molecule has 0 aromatic carbocycles. The molecule has 0 aliphatic carbocycles. The van der Waals surface area contributed by atoms with Crippen molar-refractivity contribution in [3.63, 3.8) is 0 Å². The molecular weight excluding hydrogens is 248 g/mol. The zero-order chi connectivity index (χ0) is 13.0. The Labute approximate surface area is 112 Å². The van der Waals surface area contributed by atoms with Crippen LogP contribution >= 0.6 is 11.6 Å². The van der Waals surface area contributed by atoms with E-state index in [-0.39, 0.29) is 0 Å². The van der Waals surface area contributed by atoms with Gasteiger partial charge in [-0.2, -0.15) is 0 Å². The van der Waals surface area contributed by atoms with Crippen molar-refractivity contribution < 1.29 is 0 Å². The highest BCUT2D eigenvalue weighted by Crippen LogP contribution is 2.10. The summed E-state index contributed by atoms with van der Waals surface area (Å²) >= 11 is 5.81. The Morgan fingerprint density at radius 3 is 2.83 bits per heavy atom. The highest BCUT2D eigenvalue weighted by atomic mass is 35.5. The number of rotatable bonds is 5. The number of nitrogens with zero attached hydrogens (tertiary/aromatic N) is 3. The number of aromatic nitrogens is 3. The van der Waals surface area contributed by atoms with Crippen LogP contribution in [0.15, 0.2) is 30.9 Å². The minimum atomic E-state index is 0.637. The van der Waals surface area contributed by atoms with Gasteiger partial charge in [0.25, 0.3) is 0 Å². The molecular formula is C13H17ClN4. The van der Waals surface area contributed by atoms with E-state index < -0.39 is 0 Å². The molecule has 0 saturated heterocycles. The van der Waals surface area contributed by atoms with Crippen LogP contribution in [0.3, 0.4) is 0 Å². The van der Waals surface area contributed by atoms with E-state index in [4.69, 9.17) is 11.6 Å². The second-order valence-electron chi connectivity index (χ2n) is 4.63. The third-order valence-corrected chi connectivity index (χ3v) is 2.69. The standard InChI is InChI=1S/C13H17ClN4/c1-10(2)5-15-7-12-8-18(9-17-12)13-4-3-11(14)6-16-13/h3-4,6,8-10,15H,5,7H2,1-2H3. The molecule has 5 heteroatoms. The summed E-state index contributed by atoms with van der Waals surface area (Å²) in [6.07, 6.45) is 5.37. The predicted molar refractivity (Wildman–Crippen MR) is 72.9 cm³/mol. The number of hydrogen-bond acceptors (Lipinski definition) is 3. The van der Waals surface area contributed by atoms with Gasteiger partial charge in [-0.3, -0.25) is 4.57 Å². The van der Waals surface area contributed by atoms with E-state index in [9.17, 15) is 0 Å². The van der Waals surface area contributed by atoms with Gasteiger partial charge in [0.05, 0.1) is 10.7 Å². The van der Waals surface area contributed by atoms with Crippen LogP contribution in [0.25, 0.3) is 5.82 Å². The van der Waals surface area contributed by atoms with Crippen LogP contribution in [0.5, 0.6) is 0 Å². The molecule has 0 radical (unpaired) electrons. The molecule has 18 heavy (non-hydrogen) atoms. The molecule has 0 fully saturated rings. The quantitative estimate of drug-likeness (QED) is 0.903. The van der Waals surface area contributed by atoms with E-state index >= 15 is 0 Å². The smallest absolute Gasteiger partial charge is 0.137 e. The molecule has 96 valence electrons. The average Bonchev–Trinajstić information content (AvgIpc) is 2.78. The Hall–Kier alpha value is -1.39. The largest absolute Gasteiger partial charge is 0.311 e. The molecule has 0 unspecified atom stereocenters. The summed E-state index contributed by atoms with van der Waals surface area (Å²) in [6.45, 7) is 6.14. The van der Waals surface area contributed by atoms with Gasteiger partial charge in [0.2, 0.25) is 0 Å². The van der Waals surface area contributed by atoms with Gasteiger partial charge in [0.1, 0.15) is 12.1 Å². The maximum absolute atomic E-state index is 5.81. The molecule has 2 aromatic heterocycles. The molecule has 0 aliphatic rings. The molecule has 0 atom stereocenters. The van der Waals surface area contributed by atoms with Crippen molar-refractivity contribution in [2.75, 3.05) is 6.54 Å². The fraction of sp³-hybridized carbons (Fsp3) is 0.385. The topological polar surface area (TPSA) is 42.7 Å². The fourth-order valence-electron chi connectivity index (χ4n) is 1.59. The number of hydrogen-bond donors (Lipinski definition) is 1. The van der Waals surface area contributed by atoms with Gasteiger partial charge in [0, 0.05) is 18.9 Å². The van der Waals surface area contributed by atoms with E-state index in [1.807, 2.05) is 22.9 Å². The third kappa shape index (κ3) is 3.55. The second-order valence-corrected chi connectivity index (χ2v) is 5.07. The van der Waals surface area contributed by atoms with Crippen molar-refractivity contribution in [3.05, 3.63) is 41.6 Å². The molecule has 0 saturated carbocycles. The minimum Gasteiger partial charge on any atom is -0.311 e. The first-order valence-corrected chi connectivity index (χ1v) is 6.38. The number of pyridine rings is 1. The molecule has 0 aliphatic heterocycles. The molecule has 2 heterocycles. The summed E-state index contributed by atoms with van der Waals surface area (Å²) in [5.41, 5.74) is 1.01. The van der Waals surface area contributed by atoms with Gasteiger partial charge in [-0.25, -0.2) is 9.97 Å². The normalized spacial score (nSPS) is 11.1. The summed E-state index contributed by atoms with van der Waals surface area (Å²) in [6, 6.07) is 3.69. The molecule has 0 amide bonds. The molecule has 2 aromatic rings. The Balaban J connectivity index is 1.99. The van der Waals surface area contributed by atoms with Crippen LogP contribution in [0, 0.1) is 5.92 Å². The number of nitrogens with one attached hydrogen (secondary N) is 1. The monoisotopic (exact) mass is 264 g/mol. The Bertz CT molecular complexity index is 490. The highest BCUT2D eigenvalue weighted by molar-refractivity contribution is 6.30. The average molecular weight is 265 g/mol. The van der Waals surface area contributed by atoms with Gasteiger partial charge < -0.3 is 5.32 Å². The first kappa shape index (κ1) is 13.1. The maximum atomic E-state index is 5.81. The van der Waals surface area contributed by atoms with E-state index in [1.165, 1.54) is 0 Å². The van der Waals surface area contributed by atoms with Crippen molar-refractivity contribution in [2.45, 2.75) is 20.4 Å². The van der Waals surface area contributed by atoms with Crippen LogP contribution in [0.4, 0.5) is 0 Å². The van der Waals surface area contributed by atoms with Gasteiger partial charge in [-0.15, -0.1) is 0 Å². The molecule has 2 rings (SSSR count). The van der Waals surface area contributed by atoms with Gasteiger partial charge in [0.15, 0.2) is 0 Å². The summed E-state index contributed by atoms with van der Waals surface area (Å²) in [5.74, 6) is 1.46. The summed E-state index contributed by atoms with van der Waals surface area (Å²) in [7, 11) is 0. The minimum absolute atomic E-state index is 0.637. The molecule has 0 spiro atoms. The van der Waals surface area contributed by atoms with Crippen LogP contribution in [-0.4, -0.2) is 21.1 Å². The van der Waals surface area contributed by atoms with Crippen molar-refractivity contribution >= 4 is 11.6 Å². The van der Waals surface area contributed by atoms with Crippen molar-refractivity contribution in [2.24, 2.45) is 5.92 Å². The van der Waals surface area contributed by atoms with Crippen molar-refractivity contribution in [3.8, 4) is 5.82 Å². The van der Waals surface area contributed by atoms with Gasteiger partial charge >= 0.3 is 0 Å². The van der Waals surface area contributed by atoms with Gasteiger partial charge in [-0.1, -0.05) is 25.4 Å². The van der Waals surface area contributed by atoms with Crippen LogP contribution in [0.2, 0.25) is 5.02 Å². The lowest BCUT2D eigenvalue weighted by atomic mass is 10.2. The Morgan fingerprint density at radius 2 is 2.17 bits per heavy atom. The highest BCUT2D eigenvalue weighted by Gasteiger charge is 2.02. The molecule has 4 nitrogen and oxygen atoms in total. The Kier molecular flexibility index (Phi) is 4.33. The lowest BCUT2D eigenvalue weighted by Gasteiger charge is -2.04. The van der Waals surface area contributed by atoms with E-state index in [2.05, 4.69) is 29.1 Å². The fourth-order valence-corrected chi connectivity index (χ4v) is 1.70. The zero-order valence-electron chi connectivity index (χ0n) is 10.6. The summed E-state index contributed by atoms with van der Waals surface area (Å²) in [4.78, 5) is 8.58. The molecule has 1 N–H and O–H groups in total. The SMILES string of the molecule is CC(C)CNCc1cn(-c2ccc(Cl)cn2)cn1. The maximum Gasteiger partial charge on any atom is 0.137 e. The van der Waals surface area contributed by atoms with E-state index in [0.29, 0.717) is 10.9 Å². The zero-order valence-corrected chi connectivity index (χ0v) is 11.4. The van der Waals surface area contributed by atoms with Crippen LogP contribution in [0.1, 0.15) is 19.5 Å². The van der Waals surface area contributed by atoms with Crippen LogP contribution < -0.4 is 5.32 Å². The molecule has 0 bridgehead atoms. The van der Waals surface area contributed by atoms with Crippen LogP contribution in [-0.2, 0) is 6.54 Å². The lowest BCUT2D eigenvalue weighted by Crippen LogP contribution is -2.19. The Morgan fingerprint density at radius 1 is 1.33 bits per heavy atom. The number of halogens is 1. The number of imidazole rings is 1. The second kappa shape index (κ2) is 5.98. The van der Waals surface area contributed by atoms with E-state index in [1.54, 1.807) is 12.5 Å². The van der Waals surface area contributed by atoms with Crippen molar-refractivity contribution in [1.82, 2.24) is 19.9 Å². The van der Waals surface area contributed by atoms with E-state index in [0.717, 1.165) is 24.6 Å².